The van der Waals surface area contributed by atoms with E-state index in [0.29, 0.717) is 41.8 Å². The lowest BCUT2D eigenvalue weighted by molar-refractivity contribution is 0.100. The van der Waals surface area contributed by atoms with Crippen molar-refractivity contribution in [1.82, 2.24) is 4.90 Å². The lowest BCUT2D eigenvalue weighted by Gasteiger charge is -2.42. The van der Waals surface area contributed by atoms with Gasteiger partial charge in [-0.2, -0.15) is 0 Å². The van der Waals surface area contributed by atoms with Crippen LogP contribution in [0.25, 0.3) is 0 Å². The van der Waals surface area contributed by atoms with Gasteiger partial charge in [0, 0.05) is 35.8 Å². The number of ether oxygens (including phenoxy) is 5. The molecule has 0 aliphatic carbocycles. The maximum Gasteiger partial charge on any atom is 0.513 e. The fourth-order valence-corrected chi connectivity index (χ4v) is 5.46. The van der Waals surface area contributed by atoms with Crippen LogP contribution in [0.2, 0.25) is 5.02 Å². The summed E-state index contributed by atoms with van der Waals surface area (Å²) in [7, 11) is 3.20. The van der Waals surface area contributed by atoms with E-state index in [4.69, 9.17) is 35.3 Å². The Hall–Kier alpha value is -3.42. The van der Waals surface area contributed by atoms with E-state index in [-0.39, 0.29) is 12.6 Å². The van der Waals surface area contributed by atoms with Crippen LogP contribution in [-0.2, 0) is 30.7 Å². The first kappa shape index (κ1) is 25.2. The van der Waals surface area contributed by atoms with Crippen LogP contribution < -0.4 is 18.9 Å². The quantitative estimate of drug-likeness (QED) is 0.273. The Balaban J connectivity index is 1.49. The molecule has 0 N–H and O–H groups in total. The summed E-state index contributed by atoms with van der Waals surface area (Å²) in [6, 6.07) is 16.1. The monoisotopic (exact) mass is 523 g/mol. The molecular formula is C29H30ClNO6. The van der Waals surface area contributed by atoms with Gasteiger partial charge in [0.25, 0.3) is 0 Å². The predicted molar refractivity (Wildman–Crippen MR) is 140 cm³/mol. The number of fused-ring (bicyclic) bond motifs is 4. The third-order valence-corrected chi connectivity index (χ3v) is 7.30. The summed E-state index contributed by atoms with van der Waals surface area (Å²) in [5.41, 5.74) is 5.32. The summed E-state index contributed by atoms with van der Waals surface area (Å²) in [6.45, 7) is 3.82. The highest BCUT2D eigenvalue weighted by molar-refractivity contribution is 6.31. The minimum atomic E-state index is -0.760. The minimum absolute atomic E-state index is 0.0996. The Labute approximate surface area is 221 Å². The molecule has 2 aliphatic heterocycles. The second-order valence-electron chi connectivity index (χ2n) is 9.05. The molecule has 0 fully saturated rings. The fourth-order valence-electron chi connectivity index (χ4n) is 5.17. The smallest absolute Gasteiger partial charge is 0.493 e. The molecular weight excluding hydrogens is 494 g/mol. The van der Waals surface area contributed by atoms with Gasteiger partial charge in [0.2, 0.25) is 0 Å². The van der Waals surface area contributed by atoms with Gasteiger partial charge in [0.15, 0.2) is 23.0 Å². The van der Waals surface area contributed by atoms with Gasteiger partial charge in [0.1, 0.15) is 6.61 Å². The van der Waals surface area contributed by atoms with Crippen molar-refractivity contribution >= 4 is 17.8 Å². The first-order valence-electron chi connectivity index (χ1n) is 12.4. The van der Waals surface area contributed by atoms with Crippen molar-refractivity contribution < 1.29 is 28.5 Å². The highest BCUT2D eigenvalue weighted by Gasteiger charge is 2.37. The number of halogens is 1. The summed E-state index contributed by atoms with van der Waals surface area (Å²) in [4.78, 5) is 14.6. The molecule has 0 radical (unpaired) electrons. The maximum atomic E-state index is 12.2. The normalized spacial score (nSPS) is 16.2. The molecule has 3 aromatic carbocycles. The molecule has 2 aliphatic rings. The Morgan fingerprint density at radius 3 is 2.54 bits per heavy atom. The van der Waals surface area contributed by atoms with E-state index >= 15 is 0 Å². The number of hydrogen-bond acceptors (Lipinski definition) is 7. The Morgan fingerprint density at radius 1 is 1.03 bits per heavy atom. The van der Waals surface area contributed by atoms with Crippen molar-refractivity contribution in [2.75, 3.05) is 27.4 Å². The summed E-state index contributed by atoms with van der Waals surface area (Å²) in [5.74, 6) is 2.22. The number of carbonyl (C=O) groups is 1. The fraction of sp³-hybridized carbons (Fsp3) is 0.345. The zero-order chi connectivity index (χ0) is 25.9. The van der Waals surface area contributed by atoms with Gasteiger partial charge in [-0.1, -0.05) is 41.9 Å². The number of methoxy groups -OCH3 is 2. The molecule has 0 bridgehead atoms. The molecule has 2 heterocycles. The van der Waals surface area contributed by atoms with Gasteiger partial charge >= 0.3 is 6.16 Å². The third kappa shape index (κ3) is 5.06. The second-order valence-corrected chi connectivity index (χ2v) is 9.46. The molecule has 8 heteroatoms. The number of carbonyl (C=O) groups excluding carboxylic acids is 1. The van der Waals surface area contributed by atoms with E-state index in [2.05, 4.69) is 17.0 Å². The lowest BCUT2D eigenvalue weighted by Crippen LogP contribution is -2.39. The molecule has 0 spiro atoms. The molecule has 1 atom stereocenters. The summed E-state index contributed by atoms with van der Waals surface area (Å²) >= 11 is 6.74. The average molecular weight is 524 g/mol. The topological polar surface area (TPSA) is 66.5 Å². The van der Waals surface area contributed by atoms with Crippen LogP contribution in [0.3, 0.4) is 0 Å². The molecule has 0 saturated heterocycles. The molecule has 0 amide bonds. The van der Waals surface area contributed by atoms with Gasteiger partial charge in [-0.05, 0) is 54.2 Å². The Morgan fingerprint density at radius 2 is 1.81 bits per heavy atom. The van der Waals surface area contributed by atoms with Crippen LogP contribution in [0.4, 0.5) is 4.79 Å². The van der Waals surface area contributed by atoms with Gasteiger partial charge in [-0.25, -0.2) is 4.79 Å². The van der Waals surface area contributed by atoms with E-state index in [9.17, 15) is 4.79 Å². The first-order valence-corrected chi connectivity index (χ1v) is 12.7. The Bertz CT molecular complexity index is 1300. The van der Waals surface area contributed by atoms with Crippen LogP contribution >= 0.6 is 11.6 Å². The molecule has 194 valence electrons. The van der Waals surface area contributed by atoms with Crippen molar-refractivity contribution in [2.24, 2.45) is 0 Å². The minimum Gasteiger partial charge on any atom is -0.493 e. The molecule has 0 saturated carbocycles. The number of hydrogen-bond donors (Lipinski definition) is 0. The van der Waals surface area contributed by atoms with Gasteiger partial charge < -0.3 is 23.7 Å². The van der Waals surface area contributed by atoms with Crippen LogP contribution in [0, 0.1) is 0 Å². The highest BCUT2D eigenvalue weighted by atomic mass is 35.5. The lowest BCUT2D eigenvalue weighted by atomic mass is 9.83. The standard InChI is InChI=1S/C29H30ClNO6/c1-4-35-29(32)37-28-22-16-31-11-10-19-12-25(33-2)26(36-17-18-8-6-5-7-9-18)14-20(19)24(31)13-21(22)23(30)15-27(28)34-3/h5-9,12,14-15,24H,4,10-11,13,16-17H2,1-3H3. The van der Waals surface area contributed by atoms with E-state index in [1.54, 1.807) is 20.1 Å². The number of nitrogens with zero attached hydrogens (tertiary/aromatic N) is 1. The average Bonchev–Trinajstić information content (AvgIpc) is 2.92. The van der Waals surface area contributed by atoms with E-state index in [1.807, 2.05) is 30.3 Å². The van der Waals surface area contributed by atoms with Gasteiger partial charge in [-0.3, -0.25) is 4.90 Å². The summed E-state index contributed by atoms with van der Waals surface area (Å²) in [5, 5.41) is 0.587. The van der Waals surface area contributed by atoms with Crippen LogP contribution in [0.1, 0.15) is 40.8 Å². The van der Waals surface area contributed by atoms with Crippen molar-refractivity contribution in [1.29, 1.82) is 0 Å². The third-order valence-electron chi connectivity index (χ3n) is 6.97. The number of rotatable bonds is 7. The van der Waals surface area contributed by atoms with Gasteiger partial charge in [-0.15, -0.1) is 0 Å². The summed E-state index contributed by atoms with van der Waals surface area (Å²) < 4.78 is 28.0. The molecule has 0 aromatic heterocycles. The Kier molecular flexibility index (Phi) is 7.44. The molecule has 7 nitrogen and oxygen atoms in total. The van der Waals surface area contributed by atoms with Crippen molar-refractivity contribution in [3.63, 3.8) is 0 Å². The van der Waals surface area contributed by atoms with E-state index in [1.165, 1.54) is 18.2 Å². The molecule has 3 aromatic rings. The van der Waals surface area contributed by atoms with Crippen LogP contribution in [0.15, 0.2) is 48.5 Å². The summed E-state index contributed by atoms with van der Waals surface area (Å²) in [6.07, 6.45) is 0.764. The van der Waals surface area contributed by atoms with Gasteiger partial charge in [0.05, 0.1) is 20.8 Å². The molecule has 37 heavy (non-hydrogen) atoms. The van der Waals surface area contributed by atoms with E-state index < -0.39 is 6.16 Å². The SMILES string of the molecule is CCOC(=O)Oc1c(OC)cc(Cl)c2c1CN1CCc3cc(OC)c(OCc4ccccc4)cc3C1C2. The predicted octanol–water partition coefficient (Wildman–Crippen LogP) is 6.13. The highest BCUT2D eigenvalue weighted by Crippen LogP contribution is 2.48. The zero-order valence-corrected chi connectivity index (χ0v) is 22.0. The van der Waals surface area contributed by atoms with Crippen LogP contribution in [0.5, 0.6) is 23.0 Å². The van der Waals surface area contributed by atoms with Crippen LogP contribution in [-0.4, -0.2) is 38.4 Å². The largest absolute Gasteiger partial charge is 0.513 e. The molecule has 5 rings (SSSR count). The van der Waals surface area contributed by atoms with Crippen molar-refractivity contribution in [2.45, 2.75) is 39.0 Å². The zero-order valence-electron chi connectivity index (χ0n) is 21.2. The maximum absolute atomic E-state index is 12.2. The van der Waals surface area contributed by atoms with Crippen molar-refractivity contribution in [3.05, 3.63) is 81.4 Å². The molecule has 1 unspecified atom stereocenters. The van der Waals surface area contributed by atoms with Crippen molar-refractivity contribution in [3.8, 4) is 23.0 Å². The van der Waals surface area contributed by atoms with E-state index in [0.717, 1.165) is 35.4 Å². The first-order chi connectivity index (χ1) is 18.0. The number of benzene rings is 3. The second kappa shape index (κ2) is 10.9.